The van der Waals surface area contributed by atoms with E-state index in [4.69, 9.17) is 10.7 Å². The third-order valence-electron chi connectivity index (χ3n) is 2.79. The van der Waals surface area contributed by atoms with Crippen molar-refractivity contribution in [3.63, 3.8) is 0 Å². The third kappa shape index (κ3) is 3.07. The van der Waals surface area contributed by atoms with Gasteiger partial charge >= 0.3 is 5.82 Å². The van der Waals surface area contributed by atoms with Crippen LogP contribution >= 0.6 is 10.7 Å². The summed E-state index contributed by atoms with van der Waals surface area (Å²) in [5, 5.41) is 17.0. The minimum absolute atomic E-state index is 0.0438. The quantitative estimate of drug-likeness (QED) is 0.472. The fourth-order valence-electron chi connectivity index (χ4n) is 1.71. The number of amides is 1. The lowest BCUT2D eigenvalue weighted by molar-refractivity contribution is -0.392. The SMILES string of the molecule is Cc1c(S(=O)(=O)Cl)c([N+](=O)[O-])nn1CC(=O)NC1CC1. The van der Waals surface area contributed by atoms with Gasteiger partial charge < -0.3 is 15.4 Å². The lowest BCUT2D eigenvalue weighted by atomic mass is 10.4. The van der Waals surface area contributed by atoms with Gasteiger partial charge in [0.25, 0.3) is 9.05 Å². The minimum atomic E-state index is -4.32. The molecule has 0 aromatic carbocycles. The fourth-order valence-corrected chi connectivity index (χ4v) is 3.04. The third-order valence-corrected chi connectivity index (χ3v) is 4.22. The van der Waals surface area contributed by atoms with Gasteiger partial charge in [0.2, 0.25) is 10.8 Å². The number of nitrogens with one attached hydrogen (secondary N) is 1. The van der Waals surface area contributed by atoms with Crippen molar-refractivity contribution in [1.29, 1.82) is 0 Å². The first-order valence-electron chi connectivity index (χ1n) is 5.66. The van der Waals surface area contributed by atoms with Crippen LogP contribution in [-0.4, -0.2) is 35.1 Å². The number of nitrogens with zero attached hydrogens (tertiary/aromatic N) is 3. The van der Waals surface area contributed by atoms with Crippen LogP contribution in [0, 0.1) is 17.0 Å². The average Bonchev–Trinajstić information content (AvgIpc) is 3.02. The van der Waals surface area contributed by atoms with E-state index in [0.717, 1.165) is 17.5 Å². The van der Waals surface area contributed by atoms with Crippen molar-refractivity contribution >= 4 is 31.5 Å². The Hall–Kier alpha value is -1.68. The maximum Gasteiger partial charge on any atom is 0.410 e. The van der Waals surface area contributed by atoms with Crippen molar-refractivity contribution in [1.82, 2.24) is 15.1 Å². The molecule has 1 N–H and O–H groups in total. The summed E-state index contributed by atoms with van der Waals surface area (Å²) in [6.07, 6.45) is 1.79. The smallest absolute Gasteiger partial charge is 0.358 e. The number of carbonyl (C=O) groups excluding carboxylic acids is 1. The molecule has 0 saturated heterocycles. The van der Waals surface area contributed by atoms with E-state index in [1.807, 2.05) is 0 Å². The second-order valence-corrected chi connectivity index (χ2v) is 6.94. The van der Waals surface area contributed by atoms with E-state index in [0.29, 0.717) is 0 Å². The minimum Gasteiger partial charge on any atom is -0.358 e. The van der Waals surface area contributed by atoms with E-state index in [1.165, 1.54) is 6.92 Å². The molecule has 0 bridgehead atoms. The van der Waals surface area contributed by atoms with Gasteiger partial charge in [0, 0.05) is 16.7 Å². The molecule has 110 valence electrons. The maximum absolute atomic E-state index is 11.6. The van der Waals surface area contributed by atoms with Crippen LogP contribution in [0.4, 0.5) is 5.82 Å². The van der Waals surface area contributed by atoms with Gasteiger partial charge in [-0.25, -0.2) is 8.42 Å². The Morgan fingerprint density at radius 3 is 2.60 bits per heavy atom. The summed E-state index contributed by atoms with van der Waals surface area (Å²) in [6.45, 7) is 1.01. The van der Waals surface area contributed by atoms with Gasteiger partial charge in [-0.3, -0.25) is 4.79 Å². The molecule has 1 amide bonds. The van der Waals surface area contributed by atoms with E-state index < -0.39 is 24.7 Å². The molecule has 1 saturated carbocycles. The molecule has 2 rings (SSSR count). The zero-order chi connectivity index (χ0) is 15.1. The van der Waals surface area contributed by atoms with Crippen LogP contribution in [0.25, 0.3) is 0 Å². The largest absolute Gasteiger partial charge is 0.410 e. The van der Waals surface area contributed by atoms with Crippen LogP contribution in [-0.2, 0) is 20.4 Å². The zero-order valence-electron chi connectivity index (χ0n) is 10.4. The highest BCUT2D eigenvalue weighted by molar-refractivity contribution is 8.13. The molecule has 20 heavy (non-hydrogen) atoms. The average molecular weight is 323 g/mol. The first kappa shape index (κ1) is 14.7. The van der Waals surface area contributed by atoms with Gasteiger partial charge in [-0.15, -0.1) is 0 Å². The molecule has 1 aromatic rings. The van der Waals surface area contributed by atoms with Crippen molar-refractivity contribution in [2.75, 3.05) is 0 Å². The summed E-state index contributed by atoms with van der Waals surface area (Å²) in [5.41, 5.74) is -0.0438. The van der Waals surface area contributed by atoms with Gasteiger partial charge in [0.05, 0.1) is 10.8 Å². The molecule has 0 atom stereocenters. The molecule has 1 aliphatic carbocycles. The van der Waals surface area contributed by atoms with Crippen LogP contribution in [0.3, 0.4) is 0 Å². The number of hydrogen-bond donors (Lipinski definition) is 1. The molecular formula is C9H11ClN4O5S. The Morgan fingerprint density at radius 1 is 1.60 bits per heavy atom. The molecular weight excluding hydrogens is 312 g/mol. The summed E-state index contributed by atoms with van der Waals surface area (Å²) in [6, 6.07) is 0.129. The topological polar surface area (TPSA) is 124 Å². The monoisotopic (exact) mass is 322 g/mol. The summed E-state index contributed by atoms with van der Waals surface area (Å²) in [4.78, 5) is 20.8. The van der Waals surface area contributed by atoms with E-state index in [9.17, 15) is 23.3 Å². The number of hydrogen-bond acceptors (Lipinski definition) is 6. The Balaban J connectivity index is 2.34. The van der Waals surface area contributed by atoms with Crippen LogP contribution in [0.1, 0.15) is 18.5 Å². The number of rotatable bonds is 5. The van der Waals surface area contributed by atoms with E-state index >= 15 is 0 Å². The number of aromatic nitrogens is 2. The second kappa shape index (κ2) is 5.02. The van der Waals surface area contributed by atoms with Gasteiger partial charge in [-0.05, 0) is 24.7 Å². The summed E-state index contributed by atoms with van der Waals surface area (Å²) >= 11 is 0. The summed E-state index contributed by atoms with van der Waals surface area (Å²) < 4.78 is 23.7. The number of carbonyl (C=O) groups is 1. The van der Waals surface area contributed by atoms with Crippen LogP contribution in [0.5, 0.6) is 0 Å². The second-order valence-electron chi connectivity index (χ2n) is 4.43. The molecule has 1 heterocycles. The number of nitro groups is 1. The lowest BCUT2D eigenvalue weighted by Crippen LogP contribution is -2.30. The highest BCUT2D eigenvalue weighted by Gasteiger charge is 2.35. The predicted octanol–water partition coefficient (Wildman–Crippen LogP) is 0.306. The highest BCUT2D eigenvalue weighted by Crippen LogP contribution is 2.29. The van der Waals surface area contributed by atoms with E-state index in [1.54, 1.807) is 0 Å². The normalized spacial score (nSPS) is 15.1. The predicted molar refractivity (Wildman–Crippen MR) is 67.8 cm³/mol. The standard InChI is InChI=1S/C9H11ClN4O5S/c1-5-8(20(10,18)19)9(14(16)17)12-13(5)4-7(15)11-6-2-3-6/h6H,2-4H2,1H3,(H,11,15). The molecule has 0 unspecified atom stereocenters. The van der Waals surface area contributed by atoms with Crippen molar-refractivity contribution < 1.29 is 18.1 Å². The van der Waals surface area contributed by atoms with Gasteiger partial charge in [-0.1, -0.05) is 0 Å². The van der Waals surface area contributed by atoms with Crippen molar-refractivity contribution in [3.8, 4) is 0 Å². The first-order chi connectivity index (χ1) is 9.20. The number of halogens is 1. The van der Waals surface area contributed by atoms with E-state index in [-0.39, 0.29) is 24.2 Å². The van der Waals surface area contributed by atoms with E-state index in [2.05, 4.69) is 10.4 Å². The summed E-state index contributed by atoms with van der Waals surface area (Å²) in [7, 11) is 0.852. The van der Waals surface area contributed by atoms with Crippen LogP contribution in [0.2, 0.25) is 0 Å². The fraction of sp³-hybridized carbons (Fsp3) is 0.556. The molecule has 0 spiro atoms. The molecule has 9 nitrogen and oxygen atoms in total. The zero-order valence-corrected chi connectivity index (χ0v) is 11.9. The van der Waals surface area contributed by atoms with Crippen molar-refractivity contribution in [2.45, 2.75) is 37.2 Å². The van der Waals surface area contributed by atoms with Crippen molar-refractivity contribution in [2.24, 2.45) is 0 Å². The molecule has 1 fully saturated rings. The Kier molecular flexibility index (Phi) is 3.69. The Bertz CT molecular complexity index is 679. The van der Waals surface area contributed by atoms with Crippen LogP contribution in [0.15, 0.2) is 4.90 Å². The lowest BCUT2D eigenvalue weighted by Gasteiger charge is -2.02. The van der Waals surface area contributed by atoms with Crippen molar-refractivity contribution in [3.05, 3.63) is 15.8 Å². The van der Waals surface area contributed by atoms with Gasteiger partial charge in [0.15, 0.2) is 0 Å². The Labute approximate surface area is 118 Å². The highest BCUT2D eigenvalue weighted by atomic mass is 35.7. The molecule has 0 aliphatic heterocycles. The summed E-state index contributed by atoms with van der Waals surface area (Å²) in [5.74, 6) is -1.26. The molecule has 1 aromatic heterocycles. The molecule has 11 heteroatoms. The van der Waals surface area contributed by atoms with Crippen LogP contribution < -0.4 is 5.32 Å². The van der Waals surface area contributed by atoms with Gasteiger partial charge in [0.1, 0.15) is 6.54 Å². The first-order valence-corrected chi connectivity index (χ1v) is 7.97. The van der Waals surface area contributed by atoms with Gasteiger partial charge in [-0.2, -0.15) is 4.68 Å². The Morgan fingerprint density at radius 2 is 2.20 bits per heavy atom. The molecule has 0 radical (unpaired) electrons. The maximum atomic E-state index is 11.6. The molecule has 1 aliphatic rings.